The highest BCUT2D eigenvalue weighted by molar-refractivity contribution is 5.97. The van der Waals surface area contributed by atoms with Gasteiger partial charge in [-0.3, -0.25) is 9.59 Å². The molecule has 180 valence electrons. The van der Waals surface area contributed by atoms with E-state index in [1.165, 1.54) is 12.1 Å². The van der Waals surface area contributed by atoms with Crippen molar-refractivity contribution in [3.05, 3.63) is 100 Å². The number of hydrogen-bond acceptors (Lipinski definition) is 3. The van der Waals surface area contributed by atoms with Gasteiger partial charge in [0.15, 0.2) is 0 Å². The molecule has 0 spiro atoms. The van der Waals surface area contributed by atoms with Crippen LogP contribution in [-0.2, 0) is 17.8 Å². The molecule has 3 unspecified atom stereocenters. The molecule has 2 N–H and O–H groups in total. The molecule has 2 aliphatic heterocycles. The molecule has 1 aromatic heterocycles. The first-order valence-corrected chi connectivity index (χ1v) is 11.8. The molecule has 3 heterocycles. The summed E-state index contributed by atoms with van der Waals surface area (Å²) in [7, 11) is 0. The maximum atomic E-state index is 14.1. The Hall–Kier alpha value is -3.94. The number of piperidine rings is 1. The van der Waals surface area contributed by atoms with Crippen molar-refractivity contribution in [3.8, 4) is 0 Å². The summed E-state index contributed by atoms with van der Waals surface area (Å²) in [6.07, 6.45) is 1.19. The number of pyridine rings is 1. The zero-order chi connectivity index (χ0) is 24.4. The van der Waals surface area contributed by atoms with E-state index in [0.717, 1.165) is 17.7 Å². The molecule has 0 radical (unpaired) electrons. The molecule has 3 aromatic rings. The Labute approximate surface area is 202 Å². The van der Waals surface area contributed by atoms with E-state index < -0.39 is 17.8 Å². The number of urea groups is 1. The largest absolute Gasteiger partial charge is 0.326 e. The van der Waals surface area contributed by atoms with Gasteiger partial charge in [0.1, 0.15) is 11.9 Å². The third-order valence-corrected chi connectivity index (χ3v) is 6.80. The average molecular weight is 475 g/mol. The predicted molar refractivity (Wildman–Crippen MR) is 131 cm³/mol. The lowest BCUT2D eigenvalue weighted by atomic mass is 9.83. The van der Waals surface area contributed by atoms with Crippen LogP contribution in [0.4, 0.5) is 14.9 Å². The molecule has 7 nitrogen and oxygen atoms in total. The van der Waals surface area contributed by atoms with Crippen molar-refractivity contribution in [3.63, 3.8) is 0 Å². The topological polar surface area (TPSA) is 83.4 Å². The van der Waals surface area contributed by atoms with E-state index in [4.69, 9.17) is 0 Å². The minimum Gasteiger partial charge on any atom is -0.326 e. The van der Waals surface area contributed by atoms with Gasteiger partial charge in [-0.15, -0.1) is 0 Å². The number of nitrogens with one attached hydrogen (secondary N) is 2. The number of halogens is 1. The Morgan fingerprint density at radius 1 is 0.943 bits per heavy atom. The number of aromatic nitrogens is 1. The minimum atomic E-state index is -0.888. The van der Waals surface area contributed by atoms with Crippen LogP contribution in [0.5, 0.6) is 0 Å². The van der Waals surface area contributed by atoms with Crippen molar-refractivity contribution in [2.45, 2.75) is 31.3 Å². The highest BCUT2D eigenvalue weighted by atomic mass is 19.1. The Kier molecular flexibility index (Phi) is 6.35. The molecule has 3 amide bonds. The molecule has 5 rings (SSSR count). The number of nitrogens with zero attached hydrogens (tertiary/aromatic N) is 2. The van der Waals surface area contributed by atoms with Crippen LogP contribution in [0.3, 0.4) is 0 Å². The molecule has 2 bridgehead atoms. The smallest absolute Gasteiger partial charge is 0.318 e. The first kappa shape index (κ1) is 22.8. The number of hydrogen-bond donors (Lipinski definition) is 2. The van der Waals surface area contributed by atoms with Gasteiger partial charge in [0.2, 0.25) is 5.91 Å². The number of amides is 3. The fourth-order valence-electron chi connectivity index (χ4n) is 5.14. The number of fused-ring (bicyclic) bond motifs is 4. The average Bonchev–Trinajstić information content (AvgIpc) is 2.86. The molecule has 2 aromatic carbocycles. The zero-order valence-corrected chi connectivity index (χ0v) is 19.2. The SMILES string of the molecule is O=C(Nc1ccccc1F)C(Cc1ccccc1)NC(=O)N1CC2CC(C1)c1cccc(=O)n1C2. The van der Waals surface area contributed by atoms with Gasteiger partial charge in [0, 0.05) is 43.7 Å². The molecular weight excluding hydrogens is 447 g/mol. The number of likely N-dealkylation sites (tertiary alicyclic amines) is 1. The molecule has 1 saturated heterocycles. The van der Waals surface area contributed by atoms with Crippen LogP contribution in [0.25, 0.3) is 0 Å². The van der Waals surface area contributed by atoms with Gasteiger partial charge in [0.05, 0.1) is 5.69 Å². The normalized spacial score (nSPS) is 19.4. The number of carbonyl (C=O) groups is 2. The lowest BCUT2D eigenvalue weighted by Crippen LogP contribution is -2.55. The molecule has 3 atom stereocenters. The number of para-hydroxylation sites is 1. The van der Waals surface area contributed by atoms with Crippen LogP contribution in [0.15, 0.2) is 77.6 Å². The van der Waals surface area contributed by atoms with Crippen molar-refractivity contribution in [2.24, 2.45) is 5.92 Å². The highest BCUT2D eigenvalue weighted by Gasteiger charge is 2.37. The van der Waals surface area contributed by atoms with E-state index in [1.807, 2.05) is 41.0 Å². The number of carbonyl (C=O) groups excluding carboxylic acids is 2. The zero-order valence-electron chi connectivity index (χ0n) is 19.2. The molecule has 35 heavy (non-hydrogen) atoms. The predicted octanol–water partition coefficient (Wildman–Crippen LogP) is 3.37. The lowest BCUT2D eigenvalue weighted by Gasteiger charge is -2.43. The molecule has 0 saturated carbocycles. The second-order valence-corrected chi connectivity index (χ2v) is 9.26. The maximum Gasteiger partial charge on any atom is 0.318 e. The highest BCUT2D eigenvalue weighted by Crippen LogP contribution is 2.34. The van der Waals surface area contributed by atoms with Crippen molar-refractivity contribution in [2.75, 3.05) is 18.4 Å². The number of anilines is 1. The van der Waals surface area contributed by atoms with E-state index in [2.05, 4.69) is 10.6 Å². The van der Waals surface area contributed by atoms with Crippen molar-refractivity contribution in [1.82, 2.24) is 14.8 Å². The Morgan fingerprint density at radius 2 is 1.71 bits per heavy atom. The van der Waals surface area contributed by atoms with E-state index in [0.29, 0.717) is 19.6 Å². The lowest BCUT2D eigenvalue weighted by molar-refractivity contribution is -0.118. The Balaban J connectivity index is 1.33. The second kappa shape index (κ2) is 9.74. The Bertz CT molecular complexity index is 1290. The summed E-state index contributed by atoms with van der Waals surface area (Å²) in [4.78, 5) is 40.5. The minimum absolute atomic E-state index is 0.0113. The monoisotopic (exact) mass is 474 g/mol. The number of benzene rings is 2. The van der Waals surface area contributed by atoms with Crippen LogP contribution in [0.2, 0.25) is 0 Å². The van der Waals surface area contributed by atoms with E-state index in [9.17, 15) is 18.8 Å². The van der Waals surface area contributed by atoms with Gasteiger partial charge in [-0.05, 0) is 36.1 Å². The number of rotatable bonds is 5. The standard InChI is InChI=1S/C27H27FN4O3/c28-21-9-4-5-10-22(21)29-26(34)23(14-18-7-2-1-3-8-18)30-27(35)31-15-19-13-20(17-31)24-11-6-12-25(33)32(24)16-19/h1-12,19-20,23H,13-17H2,(H,29,34)(H,30,35). The molecule has 0 aliphatic carbocycles. The molecule has 2 aliphatic rings. The van der Waals surface area contributed by atoms with Crippen molar-refractivity contribution >= 4 is 17.6 Å². The van der Waals surface area contributed by atoms with Gasteiger partial charge in [-0.25, -0.2) is 9.18 Å². The van der Waals surface area contributed by atoms with E-state index in [-0.39, 0.29) is 35.5 Å². The maximum absolute atomic E-state index is 14.1. The summed E-state index contributed by atoms with van der Waals surface area (Å²) < 4.78 is 16.0. The summed E-state index contributed by atoms with van der Waals surface area (Å²) in [5.41, 5.74) is 1.89. The third kappa shape index (κ3) is 4.96. The summed E-state index contributed by atoms with van der Waals surface area (Å²) in [5, 5.41) is 5.50. The summed E-state index contributed by atoms with van der Waals surface area (Å²) in [6.45, 7) is 1.56. The van der Waals surface area contributed by atoms with Gasteiger partial charge in [0.25, 0.3) is 5.56 Å². The van der Waals surface area contributed by atoms with Crippen LogP contribution in [0, 0.1) is 11.7 Å². The van der Waals surface area contributed by atoms with Gasteiger partial charge >= 0.3 is 6.03 Å². The summed E-state index contributed by atoms with van der Waals surface area (Å²) in [5.74, 6) is -0.779. The first-order valence-electron chi connectivity index (χ1n) is 11.8. The summed E-state index contributed by atoms with van der Waals surface area (Å²) >= 11 is 0. The third-order valence-electron chi connectivity index (χ3n) is 6.80. The summed E-state index contributed by atoms with van der Waals surface area (Å²) in [6, 6.07) is 19.4. The first-order chi connectivity index (χ1) is 17.0. The molecule has 1 fully saturated rings. The van der Waals surface area contributed by atoms with Gasteiger partial charge in [-0.2, -0.15) is 0 Å². The van der Waals surface area contributed by atoms with E-state index >= 15 is 0 Å². The van der Waals surface area contributed by atoms with Crippen molar-refractivity contribution < 1.29 is 14.0 Å². The van der Waals surface area contributed by atoms with Gasteiger partial charge in [-0.1, -0.05) is 48.5 Å². The van der Waals surface area contributed by atoms with E-state index in [1.54, 1.807) is 29.2 Å². The fraction of sp³-hybridized carbons (Fsp3) is 0.296. The van der Waals surface area contributed by atoms with Crippen LogP contribution < -0.4 is 16.2 Å². The molecular formula is C27H27FN4O3. The van der Waals surface area contributed by atoms with Crippen LogP contribution >= 0.6 is 0 Å². The quantitative estimate of drug-likeness (QED) is 0.595. The second-order valence-electron chi connectivity index (χ2n) is 9.26. The van der Waals surface area contributed by atoms with Gasteiger partial charge < -0.3 is 20.1 Å². The van der Waals surface area contributed by atoms with Crippen molar-refractivity contribution in [1.29, 1.82) is 0 Å². The molecule has 8 heteroatoms. The van der Waals surface area contributed by atoms with Crippen LogP contribution in [-0.4, -0.2) is 40.5 Å². The van der Waals surface area contributed by atoms with Crippen LogP contribution in [0.1, 0.15) is 23.6 Å². The Morgan fingerprint density at radius 3 is 2.51 bits per heavy atom. The fourth-order valence-corrected chi connectivity index (χ4v) is 5.14.